The molecule has 0 amide bonds. The number of ether oxygens (including phenoxy) is 2. The van der Waals surface area contributed by atoms with Gasteiger partial charge in [0.05, 0.1) is 18.9 Å². The normalized spacial score (nSPS) is 14.5. The van der Waals surface area contributed by atoms with Gasteiger partial charge in [0.15, 0.2) is 0 Å². The first kappa shape index (κ1) is 20.5. The Morgan fingerprint density at radius 1 is 0.867 bits per heavy atom. The molecule has 0 saturated carbocycles. The maximum Gasteiger partial charge on any atom is 0.130 e. The zero-order valence-electron chi connectivity index (χ0n) is 17.3. The Labute approximate surface area is 178 Å². The summed E-state index contributed by atoms with van der Waals surface area (Å²) in [6.45, 7) is 6.78. The predicted octanol–water partition coefficient (Wildman–Crippen LogP) is 3.78. The molecule has 0 spiro atoms. The minimum absolute atomic E-state index is 0.475. The summed E-state index contributed by atoms with van der Waals surface area (Å²) in [7, 11) is 0. The van der Waals surface area contributed by atoms with Gasteiger partial charge in [-0.2, -0.15) is 0 Å². The van der Waals surface area contributed by atoms with E-state index in [9.17, 15) is 0 Å². The molecule has 5 nitrogen and oxygen atoms in total. The van der Waals surface area contributed by atoms with Gasteiger partial charge in [-0.05, 0) is 29.3 Å². The van der Waals surface area contributed by atoms with Crippen LogP contribution in [0.2, 0.25) is 0 Å². The second kappa shape index (κ2) is 10.9. The Hall–Kier alpha value is -2.73. The molecule has 4 rings (SSSR count). The molecule has 1 fully saturated rings. The van der Waals surface area contributed by atoms with E-state index in [4.69, 9.17) is 9.47 Å². The van der Waals surface area contributed by atoms with Gasteiger partial charge in [0.25, 0.3) is 0 Å². The molecule has 3 aromatic rings. The lowest BCUT2D eigenvalue weighted by atomic mass is 10.1. The SMILES string of the molecule is c1ccc(COc2ccccc2CNCc2ccc(CN3CCOCC3)cc2)nc1. The monoisotopic (exact) mass is 403 g/mol. The van der Waals surface area contributed by atoms with E-state index in [1.165, 1.54) is 11.1 Å². The van der Waals surface area contributed by atoms with Gasteiger partial charge in [-0.1, -0.05) is 48.5 Å². The Bertz CT molecular complexity index is 894. The summed E-state index contributed by atoms with van der Waals surface area (Å²) in [6.07, 6.45) is 1.79. The van der Waals surface area contributed by atoms with Crippen LogP contribution in [0.15, 0.2) is 72.9 Å². The van der Waals surface area contributed by atoms with Crippen LogP contribution in [-0.2, 0) is 31.0 Å². The van der Waals surface area contributed by atoms with E-state index < -0.39 is 0 Å². The molecule has 0 radical (unpaired) electrons. The third kappa shape index (κ3) is 6.13. The maximum atomic E-state index is 6.00. The summed E-state index contributed by atoms with van der Waals surface area (Å²) in [5, 5.41) is 3.53. The van der Waals surface area contributed by atoms with Gasteiger partial charge >= 0.3 is 0 Å². The van der Waals surface area contributed by atoms with Gasteiger partial charge in [0, 0.05) is 44.5 Å². The molecule has 0 bridgehead atoms. The number of rotatable bonds is 9. The minimum atomic E-state index is 0.475. The van der Waals surface area contributed by atoms with Crippen molar-refractivity contribution in [3.05, 3.63) is 95.3 Å². The zero-order valence-corrected chi connectivity index (χ0v) is 17.3. The van der Waals surface area contributed by atoms with Crippen molar-refractivity contribution in [1.82, 2.24) is 15.2 Å². The van der Waals surface area contributed by atoms with Crippen LogP contribution in [0.1, 0.15) is 22.4 Å². The van der Waals surface area contributed by atoms with Crippen molar-refractivity contribution in [1.29, 1.82) is 0 Å². The molecule has 1 aliphatic rings. The average Bonchev–Trinajstić information content (AvgIpc) is 2.81. The topological polar surface area (TPSA) is 46.6 Å². The van der Waals surface area contributed by atoms with Crippen LogP contribution in [0.3, 0.4) is 0 Å². The number of pyridine rings is 1. The number of benzene rings is 2. The van der Waals surface area contributed by atoms with Gasteiger partial charge in [-0.15, -0.1) is 0 Å². The lowest BCUT2D eigenvalue weighted by Crippen LogP contribution is -2.35. The Balaban J connectivity index is 1.26. The highest BCUT2D eigenvalue weighted by Gasteiger charge is 2.10. The quantitative estimate of drug-likeness (QED) is 0.589. The number of hydrogen-bond donors (Lipinski definition) is 1. The zero-order chi connectivity index (χ0) is 20.4. The van der Waals surface area contributed by atoms with Gasteiger partial charge in [0.1, 0.15) is 12.4 Å². The first-order valence-electron chi connectivity index (χ1n) is 10.6. The first-order valence-corrected chi connectivity index (χ1v) is 10.6. The van der Waals surface area contributed by atoms with Gasteiger partial charge in [0.2, 0.25) is 0 Å². The molecular formula is C25H29N3O2. The van der Waals surface area contributed by atoms with Crippen LogP contribution in [-0.4, -0.2) is 36.2 Å². The van der Waals surface area contributed by atoms with Crippen molar-refractivity contribution in [2.45, 2.75) is 26.2 Å². The number of para-hydroxylation sites is 1. The predicted molar refractivity (Wildman–Crippen MR) is 118 cm³/mol. The van der Waals surface area contributed by atoms with E-state index in [1.807, 2.05) is 36.4 Å². The molecule has 156 valence electrons. The van der Waals surface area contributed by atoms with Crippen molar-refractivity contribution in [2.75, 3.05) is 26.3 Å². The summed E-state index contributed by atoms with van der Waals surface area (Å²) in [6, 6.07) is 22.9. The van der Waals surface area contributed by atoms with Crippen molar-refractivity contribution in [3.8, 4) is 5.75 Å². The van der Waals surface area contributed by atoms with Crippen LogP contribution >= 0.6 is 0 Å². The highest BCUT2D eigenvalue weighted by Crippen LogP contribution is 2.19. The molecule has 5 heteroatoms. The van der Waals surface area contributed by atoms with E-state index >= 15 is 0 Å². The van der Waals surface area contributed by atoms with Crippen molar-refractivity contribution in [2.24, 2.45) is 0 Å². The second-order valence-electron chi connectivity index (χ2n) is 7.53. The Morgan fingerprint density at radius 2 is 1.63 bits per heavy atom. The van der Waals surface area contributed by atoms with Crippen LogP contribution in [0.5, 0.6) is 5.75 Å². The third-order valence-electron chi connectivity index (χ3n) is 5.25. The van der Waals surface area contributed by atoms with Crippen molar-refractivity contribution in [3.63, 3.8) is 0 Å². The highest BCUT2D eigenvalue weighted by atomic mass is 16.5. The first-order chi connectivity index (χ1) is 14.9. The van der Waals surface area contributed by atoms with E-state index in [-0.39, 0.29) is 0 Å². The number of aromatic nitrogens is 1. The molecule has 1 N–H and O–H groups in total. The second-order valence-corrected chi connectivity index (χ2v) is 7.53. The number of nitrogens with zero attached hydrogens (tertiary/aromatic N) is 2. The maximum absolute atomic E-state index is 6.00. The molecule has 2 heterocycles. The summed E-state index contributed by atoms with van der Waals surface area (Å²) in [4.78, 5) is 6.76. The molecule has 1 aliphatic heterocycles. The van der Waals surface area contributed by atoms with Crippen molar-refractivity contribution < 1.29 is 9.47 Å². The van der Waals surface area contributed by atoms with E-state index in [2.05, 4.69) is 45.5 Å². The third-order valence-corrected chi connectivity index (χ3v) is 5.25. The summed E-state index contributed by atoms with van der Waals surface area (Å²) >= 11 is 0. The molecule has 0 unspecified atom stereocenters. The number of morpholine rings is 1. The smallest absolute Gasteiger partial charge is 0.130 e. The molecule has 1 saturated heterocycles. The van der Waals surface area contributed by atoms with Gasteiger partial charge in [-0.25, -0.2) is 0 Å². The van der Waals surface area contributed by atoms with E-state index in [1.54, 1.807) is 6.20 Å². The van der Waals surface area contributed by atoms with E-state index in [0.29, 0.717) is 6.61 Å². The Kier molecular flexibility index (Phi) is 7.45. The van der Waals surface area contributed by atoms with E-state index in [0.717, 1.165) is 62.9 Å². The fraction of sp³-hybridized carbons (Fsp3) is 0.320. The molecule has 0 atom stereocenters. The van der Waals surface area contributed by atoms with Crippen LogP contribution in [0, 0.1) is 0 Å². The summed E-state index contributed by atoms with van der Waals surface area (Å²) in [5.41, 5.74) is 4.72. The van der Waals surface area contributed by atoms with Crippen molar-refractivity contribution >= 4 is 0 Å². The van der Waals surface area contributed by atoms with Gasteiger partial charge in [-0.3, -0.25) is 9.88 Å². The summed E-state index contributed by atoms with van der Waals surface area (Å²) < 4.78 is 11.4. The largest absolute Gasteiger partial charge is 0.487 e. The van der Waals surface area contributed by atoms with Crippen LogP contribution in [0.4, 0.5) is 0 Å². The molecule has 0 aliphatic carbocycles. The molecule has 30 heavy (non-hydrogen) atoms. The standard InChI is InChI=1S/C25H29N3O2/c1-2-7-25(30-20-24-6-3-4-12-27-24)23(5-1)18-26-17-21-8-10-22(11-9-21)19-28-13-15-29-16-14-28/h1-12,26H,13-20H2. The lowest BCUT2D eigenvalue weighted by Gasteiger charge is -2.26. The summed E-state index contributed by atoms with van der Waals surface area (Å²) in [5.74, 6) is 0.900. The van der Waals surface area contributed by atoms with Crippen LogP contribution < -0.4 is 10.1 Å². The number of nitrogens with one attached hydrogen (secondary N) is 1. The molecule has 2 aromatic carbocycles. The van der Waals surface area contributed by atoms with Crippen LogP contribution in [0.25, 0.3) is 0 Å². The Morgan fingerprint density at radius 3 is 2.43 bits per heavy atom. The van der Waals surface area contributed by atoms with Gasteiger partial charge < -0.3 is 14.8 Å². The fourth-order valence-corrected chi connectivity index (χ4v) is 3.55. The minimum Gasteiger partial charge on any atom is -0.487 e. The molecule has 1 aromatic heterocycles. The highest BCUT2D eigenvalue weighted by molar-refractivity contribution is 5.33. The fourth-order valence-electron chi connectivity index (χ4n) is 3.55. The average molecular weight is 404 g/mol. The lowest BCUT2D eigenvalue weighted by molar-refractivity contribution is 0.0342. The molecular weight excluding hydrogens is 374 g/mol. The number of hydrogen-bond acceptors (Lipinski definition) is 5.